The van der Waals surface area contributed by atoms with Crippen molar-refractivity contribution in [3.8, 4) is 0 Å². The Morgan fingerprint density at radius 1 is 1.08 bits per heavy atom. The molecule has 0 saturated carbocycles. The molecule has 1 aromatic heterocycles. The molecule has 1 fully saturated rings. The lowest BCUT2D eigenvalue weighted by molar-refractivity contribution is -0.125. The number of nitrogens with zero attached hydrogens (tertiary/aromatic N) is 2. The molecule has 1 aromatic carbocycles. The fourth-order valence-corrected chi connectivity index (χ4v) is 3.94. The predicted molar refractivity (Wildman–Crippen MR) is 98.2 cm³/mol. The maximum Gasteiger partial charge on any atom is 0.237 e. The van der Waals surface area contributed by atoms with E-state index in [9.17, 15) is 4.79 Å². The minimum Gasteiger partial charge on any atom is -0.355 e. The summed E-state index contributed by atoms with van der Waals surface area (Å²) in [7, 11) is 0. The maximum absolute atomic E-state index is 12.6. The molecule has 1 aliphatic heterocycles. The van der Waals surface area contributed by atoms with Gasteiger partial charge in [0.2, 0.25) is 5.91 Å². The van der Waals surface area contributed by atoms with Crippen LogP contribution in [0.25, 0.3) is 0 Å². The van der Waals surface area contributed by atoms with E-state index in [1.807, 2.05) is 18.2 Å². The van der Waals surface area contributed by atoms with E-state index in [0.29, 0.717) is 0 Å². The van der Waals surface area contributed by atoms with Gasteiger partial charge in [0, 0.05) is 25.3 Å². The molecule has 1 N–H and O–H groups in total. The topological polar surface area (TPSA) is 45.2 Å². The van der Waals surface area contributed by atoms with Gasteiger partial charge in [-0.05, 0) is 49.3 Å². The molecule has 4 nitrogen and oxygen atoms in total. The molecule has 0 spiro atoms. The monoisotopic (exact) mass is 335 g/mol. The number of benzene rings is 1. The van der Waals surface area contributed by atoms with Gasteiger partial charge in [0.15, 0.2) is 0 Å². The Kier molecular flexibility index (Phi) is 4.79. The molecule has 2 heterocycles. The molecule has 2 aliphatic rings. The first-order valence-electron chi connectivity index (χ1n) is 9.33. The lowest BCUT2D eigenvalue weighted by Crippen LogP contribution is -2.45. The molecule has 1 amide bonds. The van der Waals surface area contributed by atoms with Crippen LogP contribution >= 0.6 is 0 Å². The number of nitrogens with one attached hydrogen (secondary N) is 1. The van der Waals surface area contributed by atoms with Gasteiger partial charge in [-0.15, -0.1) is 0 Å². The van der Waals surface area contributed by atoms with Crippen LogP contribution in [0.15, 0.2) is 42.5 Å². The van der Waals surface area contributed by atoms with Gasteiger partial charge in [0.25, 0.3) is 0 Å². The molecule has 130 valence electrons. The van der Waals surface area contributed by atoms with Gasteiger partial charge in [0.05, 0.1) is 11.7 Å². The Bertz CT molecular complexity index is 744. The Morgan fingerprint density at radius 3 is 2.84 bits per heavy atom. The van der Waals surface area contributed by atoms with Gasteiger partial charge in [-0.2, -0.15) is 0 Å². The smallest absolute Gasteiger partial charge is 0.237 e. The Morgan fingerprint density at radius 2 is 1.96 bits per heavy atom. The molecule has 1 aliphatic carbocycles. The van der Waals surface area contributed by atoms with E-state index in [2.05, 4.69) is 34.5 Å². The first kappa shape index (κ1) is 16.3. The second-order valence-corrected chi connectivity index (χ2v) is 7.08. The summed E-state index contributed by atoms with van der Waals surface area (Å²) in [4.78, 5) is 19.8. The molecule has 1 atom stereocenters. The van der Waals surface area contributed by atoms with E-state index in [-0.39, 0.29) is 11.9 Å². The predicted octanol–water partition coefficient (Wildman–Crippen LogP) is 2.50. The van der Waals surface area contributed by atoms with Crippen LogP contribution in [0.1, 0.15) is 35.4 Å². The number of fused-ring (bicyclic) bond motifs is 1. The highest BCUT2D eigenvalue weighted by atomic mass is 16.2. The number of pyridine rings is 1. The van der Waals surface area contributed by atoms with Gasteiger partial charge < -0.3 is 5.32 Å². The van der Waals surface area contributed by atoms with Crippen LogP contribution in [0, 0.1) is 0 Å². The fraction of sp³-hybridized carbons (Fsp3) is 0.429. The Hall–Kier alpha value is -2.20. The first-order valence-corrected chi connectivity index (χ1v) is 9.33. The largest absolute Gasteiger partial charge is 0.355 e. The van der Waals surface area contributed by atoms with E-state index >= 15 is 0 Å². The number of hydrogen-bond acceptors (Lipinski definition) is 3. The number of hydrogen-bond donors (Lipinski definition) is 1. The number of carbonyl (C=O) groups is 1. The van der Waals surface area contributed by atoms with E-state index < -0.39 is 0 Å². The second-order valence-electron chi connectivity index (χ2n) is 7.08. The molecule has 1 saturated heterocycles. The lowest BCUT2D eigenvalue weighted by atomic mass is 10.0. The van der Waals surface area contributed by atoms with Crippen molar-refractivity contribution < 1.29 is 4.79 Å². The Labute approximate surface area is 149 Å². The summed E-state index contributed by atoms with van der Waals surface area (Å²) in [6, 6.07) is 14.5. The standard InChI is InChI=1S/C21H25N3O/c25-21-20(14-16-6-2-1-3-7-16)24(13-5-12-22-21)15-18-11-10-17-8-4-9-19(17)23-18/h1-3,6-7,10-11,20H,4-5,8-9,12-15H2,(H,22,25). The third kappa shape index (κ3) is 3.74. The highest BCUT2D eigenvalue weighted by Crippen LogP contribution is 2.21. The van der Waals surface area contributed by atoms with Crippen molar-refractivity contribution in [3.63, 3.8) is 0 Å². The van der Waals surface area contributed by atoms with Gasteiger partial charge in [-0.1, -0.05) is 36.4 Å². The summed E-state index contributed by atoms with van der Waals surface area (Å²) in [5.41, 5.74) is 4.96. The number of rotatable bonds is 4. The molecule has 4 heteroatoms. The first-order chi connectivity index (χ1) is 12.3. The van der Waals surface area contributed by atoms with Crippen molar-refractivity contribution in [2.24, 2.45) is 0 Å². The zero-order valence-electron chi connectivity index (χ0n) is 14.6. The molecular formula is C21H25N3O. The Balaban J connectivity index is 1.55. The highest BCUT2D eigenvalue weighted by Gasteiger charge is 2.28. The summed E-state index contributed by atoms with van der Waals surface area (Å²) < 4.78 is 0. The minimum atomic E-state index is -0.125. The summed E-state index contributed by atoms with van der Waals surface area (Å²) in [5.74, 6) is 0.141. The van der Waals surface area contributed by atoms with Crippen LogP contribution in [-0.2, 0) is 30.6 Å². The van der Waals surface area contributed by atoms with E-state index in [0.717, 1.165) is 51.0 Å². The third-order valence-electron chi connectivity index (χ3n) is 5.29. The molecule has 1 unspecified atom stereocenters. The van der Waals surface area contributed by atoms with Gasteiger partial charge in [0.1, 0.15) is 0 Å². The van der Waals surface area contributed by atoms with Crippen LogP contribution in [0.2, 0.25) is 0 Å². The second kappa shape index (κ2) is 7.36. The third-order valence-corrected chi connectivity index (χ3v) is 5.29. The number of aryl methyl sites for hydroxylation is 2. The van der Waals surface area contributed by atoms with E-state index in [4.69, 9.17) is 4.98 Å². The summed E-state index contributed by atoms with van der Waals surface area (Å²) in [5, 5.41) is 3.07. The lowest BCUT2D eigenvalue weighted by Gasteiger charge is -2.28. The molecule has 25 heavy (non-hydrogen) atoms. The van der Waals surface area contributed by atoms with Crippen molar-refractivity contribution in [2.45, 2.75) is 44.7 Å². The minimum absolute atomic E-state index is 0.125. The van der Waals surface area contributed by atoms with Crippen LogP contribution < -0.4 is 5.32 Å². The number of carbonyl (C=O) groups excluding carboxylic acids is 1. The summed E-state index contributed by atoms with van der Waals surface area (Å²) in [6.45, 7) is 2.44. The zero-order valence-corrected chi connectivity index (χ0v) is 14.6. The van der Waals surface area contributed by atoms with Gasteiger partial charge in [-0.25, -0.2) is 0 Å². The molecule has 0 bridgehead atoms. The molecular weight excluding hydrogens is 310 g/mol. The van der Waals surface area contributed by atoms with Gasteiger partial charge in [-0.3, -0.25) is 14.7 Å². The van der Waals surface area contributed by atoms with Crippen molar-refractivity contribution in [1.82, 2.24) is 15.2 Å². The average molecular weight is 335 g/mol. The summed E-state index contributed by atoms with van der Waals surface area (Å²) in [6.07, 6.45) is 5.20. The normalized spacial score (nSPS) is 20.8. The maximum atomic E-state index is 12.6. The quantitative estimate of drug-likeness (QED) is 0.934. The van der Waals surface area contributed by atoms with Crippen LogP contribution in [0.5, 0.6) is 0 Å². The SMILES string of the molecule is O=C1NCCCN(Cc2ccc3c(n2)CCC3)C1Cc1ccccc1. The van der Waals surface area contributed by atoms with Crippen molar-refractivity contribution in [2.75, 3.05) is 13.1 Å². The zero-order chi connectivity index (χ0) is 17.1. The fourth-order valence-electron chi connectivity index (χ4n) is 3.94. The van der Waals surface area contributed by atoms with Crippen LogP contribution in [0.3, 0.4) is 0 Å². The van der Waals surface area contributed by atoms with Crippen molar-refractivity contribution in [1.29, 1.82) is 0 Å². The molecule has 2 aromatic rings. The van der Waals surface area contributed by atoms with E-state index in [1.165, 1.54) is 23.2 Å². The van der Waals surface area contributed by atoms with E-state index in [1.54, 1.807) is 0 Å². The van der Waals surface area contributed by atoms with Gasteiger partial charge >= 0.3 is 0 Å². The number of aromatic nitrogens is 1. The molecule has 4 rings (SSSR count). The van der Waals surface area contributed by atoms with Crippen molar-refractivity contribution in [3.05, 3.63) is 65.0 Å². The highest BCUT2D eigenvalue weighted by molar-refractivity contribution is 5.82. The van der Waals surface area contributed by atoms with Crippen LogP contribution in [-0.4, -0.2) is 34.9 Å². The molecule has 0 radical (unpaired) electrons. The number of amides is 1. The summed E-state index contributed by atoms with van der Waals surface area (Å²) >= 11 is 0. The average Bonchev–Trinajstić information content (AvgIpc) is 3.04. The van der Waals surface area contributed by atoms with Crippen LogP contribution in [0.4, 0.5) is 0 Å². The van der Waals surface area contributed by atoms with Crippen molar-refractivity contribution >= 4 is 5.91 Å².